The van der Waals surface area contributed by atoms with Gasteiger partial charge in [-0.05, 0) is 55.2 Å². The molecule has 2 N–H and O–H groups in total. The molecule has 0 aliphatic carbocycles. The van der Waals surface area contributed by atoms with Crippen molar-refractivity contribution in [3.05, 3.63) is 58.2 Å². The van der Waals surface area contributed by atoms with E-state index in [1.165, 1.54) is 12.1 Å². The van der Waals surface area contributed by atoms with Crippen molar-refractivity contribution in [3.63, 3.8) is 0 Å². The standard InChI is InChI=1S/C16H17F2NO/c1-9-4-5-10(2)15(11(9)3)20-16-13(17)6-12(8-19)7-14(16)18/h4-7H,8,19H2,1-3H3. The highest BCUT2D eigenvalue weighted by molar-refractivity contribution is 5.47. The van der Waals surface area contributed by atoms with Gasteiger partial charge < -0.3 is 10.5 Å². The number of halogens is 2. The molecular formula is C16H17F2NO. The van der Waals surface area contributed by atoms with Crippen LogP contribution in [0.2, 0.25) is 0 Å². The van der Waals surface area contributed by atoms with E-state index in [4.69, 9.17) is 10.5 Å². The van der Waals surface area contributed by atoms with E-state index < -0.39 is 11.6 Å². The molecule has 20 heavy (non-hydrogen) atoms. The third kappa shape index (κ3) is 2.65. The molecule has 0 amide bonds. The van der Waals surface area contributed by atoms with Crippen LogP contribution in [0.4, 0.5) is 8.78 Å². The summed E-state index contributed by atoms with van der Waals surface area (Å²) in [4.78, 5) is 0. The van der Waals surface area contributed by atoms with Crippen molar-refractivity contribution in [2.45, 2.75) is 27.3 Å². The first kappa shape index (κ1) is 14.5. The normalized spacial score (nSPS) is 10.7. The summed E-state index contributed by atoms with van der Waals surface area (Å²) >= 11 is 0. The lowest BCUT2D eigenvalue weighted by Crippen LogP contribution is -2.02. The minimum atomic E-state index is -0.745. The van der Waals surface area contributed by atoms with Crippen LogP contribution in [-0.2, 0) is 6.54 Å². The van der Waals surface area contributed by atoms with Crippen molar-refractivity contribution >= 4 is 0 Å². The molecule has 2 nitrogen and oxygen atoms in total. The lowest BCUT2D eigenvalue weighted by Gasteiger charge is -2.15. The van der Waals surface area contributed by atoms with E-state index in [0.29, 0.717) is 11.3 Å². The Hall–Kier alpha value is -1.94. The zero-order chi connectivity index (χ0) is 14.9. The molecule has 0 heterocycles. The van der Waals surface area contributed by atoms with Crippen LogP contribution in [0.5, 0.6) is 11.5 Å². The van der Waals surface area contributed by atoms with Crippen LogP contribution in [0.25, 0.3) is 0 Å². The molecule has 0 atom stereocenters. The Labute approximate surface area is 117 Å². The Kier molecular flexibility index (Phi) is 4.04. The van der Waals surface area contributed by atoms with Crippen molar-refractivity contribution in [1.82, 2.24) is 0 Å². The number of ether oxygens (including phenoxy) is 1. The molecule has 0 aliphatic rings. The van der Waals surface area contributed by atoms with Gasteiger partial charge in [0.2, 0.25) is 0 Å². The van der Waals surface area contributed by atoms with E-state index in [9.17, 15) is 8.78 Å². The fourth-order valence-electron chi connectivity index (χ4n) is 2.01. The molecule has 0 fully saturated rings. The zero-order valence-electron chi connectivity index (χ0n) is 11.8. The fraction of sp³-hybridized carbons (Fsp3) is 0.250. The quantitative estimate of drug-likeness (QED) is 0.915. The topological polar surface area (TPSA) is 35.2 Å². The van der Waals surface area contributed by atoms with Gasteiger partial charge >= 0.3 is 0 Å². The van der Waals surface area contributed by atoms with Crippen LogP contribution in [0.3, 0.4) is 0 Å². The largest absolute Gasteiger partial charge is 0.451 e. The lowest BCUT2D eigenvalue weighted by atomic mass is 10.1. The Morgan fingerprint density at radius 3 is 2.05 bits per heavy atom. The second kappa shape index (κ2) is 5.59. The van der Waals surface area contributed by atoms with E-state index in [1.54, 1.807) is 0 Å². The molecule has 4 heteroatoms. The van der Waals surface area contributed by atoms with Crippen molar-refractivity contribution in [1.29, 1.82) is 0 Å². The molecule has 0 saturated carbocycles. The first-order valence-corrected chi connectivity index (χ1v) is 6.36. The first-order valence-electron chi connectivity index (χ1n) is 6.36. The molecule has 2 aromatic rings. The van der Waals surface area contributed by atoms with Crippen molar-refractivity contribution in [2.75, 3.05) is 0 Å². The maximum atomic E-state index is 13.9. The number of nitrogens with two attached hydrogens (primary N) is 1. The van der Waals surface area contributed by atoms with Gasteiger partial charge in [-0.2, -0.15) is 0 Å². The van der Waals surface area contributed by atoms with Gasteiger partial charge in [-0.1, -0.05) is 12.1 Å². The molecule has 2 aromatic carbocycles. The third-order valence-electron chi connectivity index (χ3n) is 3.37. The van der Waals surface area contributed by atoms with Crippen LogP contribution in [0.15, 0.2) is 24.3 Å². The number of hydrogen-bond acceptors (Lipinski definition) is 2. The maximum absolute atomic E-state index is 13.9. The van der Waals surface area contributed by atoms with Gasteiger partial charge in [0.1, 0.15) is 5.75 Å². The Balaban J connectivity index is 2.48. The molecule has 0 unspecified atom stereocenters. The molecule has 0 bridgehead atoms. The number of benzene rings is 2. The van der Waals surface area contributed by atoms with Gasteiger partial charge in [0.15, 0.2) is 17.4 Å². The predicted octanol–water partition coefficient (Wildman–Crippen LogP) is 4.14. The summed E-state index contributed by atoms with van der Waals surface area (Å²) < 4.78 is 33.3. The maximum Gasteiger partial charge on any atom is 0.198 e. The lowest BCUT2D eigenvalue weighted by molar-refractivity contribution is 0.402. The summed E-state index contributed by atoms with van der Waals surface area (Å²) in [7, 11) is 0. The summed E-state index contributed by atoms with van der Waals surface area (Å²) in [6.45, 7) is 5.70. The number of aryl methyl sites for hydroxylation is 2. The molecule has 106 valence electrons. The highest BCUT2D eigenvalue weighted by atomic mass is 19.1. The van der Waals surface area contributed by atoms with E-state index >= 15 is 0 Å². The smallest absolute Gasteiger partial charge is 0.198 e. The van der Waals surface area contributed by atoms with Crippen LogP contribution < -0.4 is 10.5 Å². The number of hydrogen-bond donors (Lipinski definition) is 1. The average molecular weight is 277 g/mol. The van der Waals surface area contributed by atoms with Crippen LogP contribution in [0, 0.1) is 32.4 Å². The highest BCUT2D eigenvalue weighted by Gasteiger charge is 2.16. The molecule has 0 saturated heterocycles. The molecule has 0 spiro atoms. The minimum absolute atomic E-state index is 0.0800. The summed E-state index contributed by atoms with van der Waals surface area (Å²) in [6, 6.07) is 6.20. The first-order chi connectivity index (χ1) is 9.43. The Morgan fingerprint density at radius 1 is 0.950 bits per heavy atom. The van der Waals surface area contributed by atoms with Gasteiger partial charge in [-0.15, -0.1) is 0 Å². The van der Waals surface area contributed by atoms with Crippen LogP contribution >= 0.6 is 0 Å². The second-order valence-corrected chi connectivity index (χ2v) is 4.85. The molecule has 0 aliphatic heterocycles. The van der Waals surface area contributed by atoms with E-state index in [2.05, 4.69) is 0 Å². The molecular weight excluding hydrogens is 260 g/mol. The Morgan fingerprint density at radius 2 is 1.50 bits per heavy atom. The summed E-state index contributed by atoms with van der Waals surface area (Å²) in [6.07, 6.45) is 0. The van der Waals surface area contributed by atoms with E-state index in [0.717, 1.165) is 16.7 Å². The fourth-order valence-corrected chi connectivity index (χ4v) is 2.01. The minimum Gasteiger partial charge on any atom is -0.451 e. The summed E-state index contributed by atoms with van der Waals surface area (Å²) in [5, 5.41) is 0. The second-order valence-electron chi connectivity index (χ2n) is 4.85. The molecule has 0 aromatic heterocycles. The summed E-state index contributed by atoms with van der Waals surface area (Å²) in [5.41, 5.74) is 8.48. The van der Waals surface area contributed by atoms with Crippen molar-refractivity contribution in [2.24, 2.45) is 5.73 Å². The average Bonchev–Trinajstić information content (AvgIpc) is 2.41. The monoisotopic (exact) mass is 277 g/mol. The third-order valence-corrected chi connectivity index (χ3v) is 3.37. The van der Waals surface area contributed by atoms with Gasteiger partial charge in [0.25, 0.3) is 0 Å². The zero-order valence-corrected chi connectivity index (χ0v) is 11.8. The van der Waals surface area contributed by atoms with Crippen molar-refractivity contribution < 1.29 is 13.5 Å². The summed E-state index contributed by atoms with van der Waals surface area (Å²) in [5.74, 6) is -1.39. The Bertz CT molecular complexity index is 630. The van der Waals surface area contributed by atoms with Gasteiger partial charge in [0.05, 0.1) is 0 Å². The van der Waals surface area contributed by atoms with Crippen LogP contribution in [-0.4, -0.2) is 0 Å². The van der Waals surface area contributed by atoms with Gasteiger partial charge in [-0.25, -0.2) is 8.78 Å². The predicted molar refractivity (Wildman–Crippen MR) is 75.0 cm³/mol. The van der Waals surface area contributed by atoms with Crippen molar-refractivity contribution in [3.8, 4) is 11.5 Å². The molecule has 2 rings (SSSR count). The number of rotatable bonds is 3. The molecule has 0 radical (unpaired) electrons. The SMILES string of the molecule is Cc1ccc(C)c(Oc2c(F)cc(CN)cc2F)c1C. The van der Waals surface area contributed by atoms with Gasteiger partial charge in [-0.3, -0.25) is 0 Å². The van der Waals surface area contributed by atoms with Gasteiger partial charge in [0, 0.05) is 6.54 Å². The highest BCUT2D eigenvalue weighted by Crippen LogP contribution is 2.34. The van der Waals surface area contributed by atoms with E-state index in [1.807, 2.05) is 32.9 Å². The van der Waals surface area contributed by atoms with Crippen LogP contribution in [0.1, 0.15) is 22.3 Å². The van der Waals surface area contributed by atoms with E-state index in [-0.39, 0.29) is 12.3 Å².